The summed E-state index contributed by atoms with van der Waals surface area (Å²) < 4.78 is 0. The molecule has 0 amide bonds. The van der Waals surface area contributed by atoms with Gasteiger partial charge in [-0.1, -0.05) is 80.1 Å². The van der Waals surface area contributed by atoms with Crippen LogP contribution >= 0.6 is 34.9 Å². The number of unbranched alkanes of at least 4 members (excludes halogenated alkanes) is 6. The SMILES string of the molecule is CCCC[PH+](CCCC)CCCC.CCCC[PH+](CCCC)CCCC.[Cl][Pd][Cl]. The Kier molecular flexibility index (Phi) is 42.7. The van der Waals surface area contributed by atoms with Gasteiger partial charge in [-0.05, 0) is 38.5 Å². The van der Waals surface area contributed by atoms with Crippen LogP contribution in [0.25, 0.3) is 0 Å². The molecule has 5 heteroatoms. The molecule has 0 saturated heterocycles. The van der Waals surface area contributed by atoms with E-state index in [-0.39, 0.29) is 31.8 Å². The summed E-state index contributed by atoms with van der Waals surface area (Å²) in [5, 5.41) is 0. The molecule has 0 rings (SSSR count). The predicted octanol–water partition coefficient (Wildman–Crippen LogP) is 10.6. The standard InChI is InChI=1S/2C12H27P.2ClH.Pd/c2*1-4-7-10-13(11-8-5-2)12-9-6-3;;;/h2*4-12H2,1-3H3;2*1H;/q;;;;+2. The molecule has 0 unspecified atom stereocenters. The van der Waals surface area contributed by atoms with E-state index in [0.29, 0.717) is 0 Å². The van der Waals surface area contributed by atoms with Gasteiger partial charge in [0.15, 0.2) is 0 Å². The van der Waals surface area contributed by atoms with Crippen LogP contribution in [0.3, 0.4) is 0 Å². The molecule has 0 aromatic carbocycles. The Labute approximate surface area is 205 Å². The molecule has 0 aliphatic rings. The van der Waals surface area contributed by atoms with Crippen molar-refractivity contribution in [3.63, 3.8) is 0 Å². The van der Waals surface area contributed by atoms with Gasteiger partial charge in [0.1, 0.15) is 0 Å². The minimum atomic E-state index is -0.106. The summed E-state index contributed by atoms with van der Waals surface area (Å²) in [6, 6.07) is 0. The fourth-order valence-electron chi connectivity index (χ4n) is 3.31. The zero-order valence-electron chi connectivity index (χ0n) is 20.8. The molecule has 0 nitrogen and oxygen atoms in total. The number of rotatable bonds is 18. The number of halogens is 2. The molecule has 0 aliphatic carbocycles. The molecule has 0 fully saturated rings. The van der Waals surface area contributed by atoms with Crippen molar-refractivity contribution in [3.05, 3.63) is 0 Å². The maximum atomic E-state index is 4.81. The van der Waals surface area contributed by atoms with Crippen LogP contribution in [0.15, 0.2) is 0 Å². The molecule has 0 N–H and O–H groups in total. The molecule has 0 atom stereocenters. The van der Waals surface area contributed by atoms with E-state index < -0.39 is 0 Å². The van der Waals surface area contributed by atoms with Gasteiger partial charge in [0.05, 0.1) is 37.0 Å². The van der Waals surface area contributed by atoms with E-state index in [4.69, 9.17) is 19.1 Å². The molecule has 0 aromatic rings. The Balaban J connectivity index is -0.000000410. The summed E-state index contributed by atoms with van der Waals surface area (Å²) in [5.74, 6) is 0. The van der Waals surface area contributed by atoms with E-state index in [9.17, 15) is 0 Å². The molecular weight excluding hydrogens is 528 g/mol. The molecule has 0 aromatic heterocycles. The van der Waals surface area contributed by atoms with Crippen LogP contribution in [0.2, 0.25) is 0 Å². The molecule has 0 spiro atoms. The zero-order valence-corrected chi connectivity index (χ0v) is 25.9. The average molecular weight is 584 g/mol. The van der Waals surface area contributed by atoms with Crippen molar-refractivity contribution < 1.29 is 15.9 Å². The molecule has 184 valence electrons. The first-order chi connectivity index (χ1) is 14.1. The summed E-state index contributed by atoms with van der Waals surface area (Å²) >= 11 is -0.106. The quantitative estimate of drug-likeness (QED) is 0.111. The summed E-state index contributed by atoms with van der Waals surface area (Å²) in [6.45, 7) is 13.9. The van der Waals surface area contributed by atoms with Gasteiger partial charge < -0.3 is 0 Å². The van der Waals surface area contributed by atoms with E-state index in [2.05, 4.69) is 41.5 Å². The Hall–Kier alpha value is 2.10. The average Bonchev–Trinajstić information content (AvgIpc) is 2.73. The van der Waals surface area contributed by atoms with Crippen LogP contribution in [0.1, 0.15) is 119 Å². The van der Waals surface area contributed by atoms with E-state index >= 15 is 0 Å². The summed E-state index contributed by atoms with van der Waals surface area (Å²) in [4.78, 5) is 0. The first-order valence-corrected chi connectivity index (χ1v) is 20.8. The Morgan fingerprint density at radius 1 is 0.414 bits per heavy atom. The zero-order chi connectivity index (χ0) is 22.6. The normalized spacial score (nSPS) is 10.7. The first kappa shape index (κ1) is 35.7. The van der Waals surface area contributed by atoms with Crippen molar-refractivity contribution in [2.45, 2.75) is 119 Å². The molecule has 0 aliphatic heterocycles. The van der Waals surface area contributed by atoms with Gasteiger partial charge in [0.2, 0.25) is 0 Å². The topological polar surface area (TPSA) is 0 Å². The van der Waals surface area contributed by atoms with E-state index in [1.807, 2.05) is 0 Å². The Morgan fingerprint density at radius 2 is 0.552 bits per heavy atom. The van der Waals surface area contributed by atoms with Gasteiger partial charge in [-0.3, -0.25) is 0 Å². The second-order valence-corrected chi connectivity index (χ2v) is 16.5. The Bertz CT molecular complexity index is 197. The van der Waals surface area contributed by atoms with Gasteiger partial charge in [0, 0.05) is 15.8 Å². The van der Waals surface area contributed by atoms with Gasteiger partial charge in [-0.15, -0.1) is 0 Å². The van der Waals surface area contributed by atoms with E-state index in [0.717, 1.165) is 0 Å². The monoisotopic (exact) mass is 582 g/mol. The van der Waals surface area contributed by atoms with Crippen molar-refractivity contribution in [3.8, 4) is 0 Å². The molecule has 0 radical (unpaired) electrons. The number of hydrogen-bond acceptors (Lipinski definition) is 0. The second kappa shape index (κ2) is 34.7. The molecule has 0 saturated carbocycles. The van der Waals surface area contributed by atoms with Crippen molar-refractivity contribution in [2.75, 3.05) is 37.0 Å². The van der Waals surface area contributed by atoms with Gasteiger partial charge in [-0.2, -0.15) is 0 Å². The molecule has 29 heavy (non-hydrogen) atoms. The third kappa shape index (κ3) is 34.9. The molecule has 0 bridgehead atoms. The van der Waals surface area contributed by atoms with Crippen LogP contribution in [0.4, 0.5) is 0 Å². The summed E-state index contributed by atoms with van der Waals surface area (Å²) in [7, 11) is 9.76. The fourth-order valence-corrected chi connectivity index (χ4v) is 9.93. The summed E-state index contributed by atoms with van der Waals surface area (Å²) in [5.41, 5.74) is 0. The predicted molar refractivity (Wildman–Crippen MR) is 147 cm³/mol. The van der Waals surface area contributed by atoms with E-state index in [1.165, 1.54) is 77.0 Å². The van der Waals surface area contributed by atoms with Gasteiger partial charge in [-0.25, -0.2) is 0 Å². The maximum absolute atomic E-state index is 4.81. The third-order valence-electron chi connectivity index (χ3n) is 5.30. The summed E-state index contributed by atoms with van der Waals surface area (Å²) in [6.07, 6.45) is 26.8. The van der Waals surface area contributed by atoms with Crippen molar-refractivity contribution in [1.29, 1.82) is 0 Å². The van der Waals surface area contributed by atoms with E-state index in [1.54, 1.807) is 37.0 Å². The van der Waals surface area contributed by atoms with Crippen molar-refractivity contribution in [2.24, 2.45) is 0 Å². The number of hydrogen-bond donors (Lipinski definition) is 0. The van der Waals surface area contributed by atoms with Crippen LogP contribution in [-0.4, -0.2) is 37.0 Å². The van der Waals surface area contributed by atoms with Gasteiger partial charge in [0.25, 0.3) is 0 Å². The van der Waals surface area contributed by atoms with Crippen LogP contribution in [0.5, 0.6) is 0 Å². The molecule has 0 heterocycles. The van der Waals surface area contributed by atoms with Gasteiger partial charge >= 0.3 is 35.0 Å². The fraction of sp³-hybridized carbons (Fsp3) is 1.00. The van der Waals surface area contributed by atoms with Crippen molar-refractivity contribution >= 4 is 34.9 Å². The third-order valence-corrected chi connectivity index (χ3v) is 11.7. The van der Waals surface area contributed by atoms with Crippen LogP contribution in [-0.2, 0) is 15.9 Å². The first-order valence-electron chi connectivity index (χ1n) is 12.6. The Morgan fingerprint density at radius 3 is 0.655 bits per heavy atom. The molecular formula is C24H56Cl2P2Pd+2. The van der Waals surface area contributed by atoms with Crippen LogP contribution < -0.4 is 0 Å². The van der Waals surface area contributed by atoms with Crippen molar-refractivity contribution in [1.82, 2.24) is 0 Å². The van der Waals surface area contributed by atoms with Crippen LogP contribution in [0, 0.1) is 0 Å². The minimum absolute atomic E-state index is 0.0675. The second-order valence-electron chi connectivity index (χ2n) is 8.17.